The molecule has 0 amide bonds. The molecule has 0 aliphatic carbocycles. The number of hydrogen-bond acceptors (Lipinski definition) is 6. The molecule has 0 saturated carbocycles. The van der Waals surface area contributed by atoms with Crippen molar-refractivity contribution in [2.24, 2.45) is 0 Å². The first-order chi connectivity index (χ1) is 21.4. The molecule has 5 heterocycles. The van der Waals surface area contributed by atoms with Crippen LogP contribution in [0.5, 0.6) is 0 Å². The van der Waals surface area contributed by atoms with Gasteiger partial charge in [-0.05, 0) is 74.1 Å². The number of methoxy groups -OCH3 is 1. The molecule has 0 saturated heterocycles. The van der Waals surface area contributed by atoms with E-state index < -0.39 is 24.3 Å². The summed E-state index contributed by atoms with van der Waals surface area (Å²) < 4.78 is 4.90. The molecule has 8 bridgehead atoms. The number of H-pyrrole nitrogens is 2. The van der Waals surface area contributed by atoms with Gasteiger partial charge in [-0.1, -0.05) is 26.5 Å². The predicted octanol–water partition coefficient (Wildman–Crippen LogP) is 7.08. The number of allylic oxidation sites excluding steroid dienone is 2. The van der Waals surface area contributed by atoms with Crippen LogP contribution in [0.3, 0.4) is 0 Å². The molecular formula is C35H38N4O6. The third-order valence-electron chi connectivity index (χ3n) is 9.17. The number of aryl methyl sites for hydroxylation is 2. The van der Waals surface area contributed by atoms with Gasteiger partial charge in [0.25, 0.3) is 0 Å². The highest BCUT2D eigenvalue weighted by Gasteiger charge is 2.33. The number of carboxylic acid groups (broad SMARTS) is 2. The number of carbonyl (C=O) groups excluding carboxylic acids is 1. The highest BCUT2D eigenvalue weighted by Crippen LogP contribution is 2.43. The van der Waals surface area contributed by atoms with Crippen molar-refractivity contribution in [3.8, 4) is 0 Å². The number of rotatable bonds is 8. The summed E-state index contributed by atoms with van der Waals surface area (Å²) in [7, 11) is 1.32. The van der Waals surface area contributed by atoms with Gasteiger partial charge < -0.3 is 24.9 Å². The van der Waals surface area contributed by atoms with Crippen molar-refractivity contribution in [1.82, 2.24) is 19.9 Å². The van der Waals surface area contributed by atoms with E-state index in [0.717, 1.165) is 39.0 Å². The second-order valence-corrected chi connectivity index (χ2v) is 11.7. The summed E-state index contributed by atoms with van der Waals surface area (Å²) in [6.07, 6.45) is 2.49. The van der Waals surface area contributed by atoms with Crippen LogP contribution in [-0.4, -0.2) is 55.2 Å². The molecule has 2 aliphatic rings. The number of esters is 1. The highest BCUT2D eigenvalue weighted by molar-refractivity contribution is 6.02. The Morgan fingerprint density at radius 1 is 1.00 bits per heavy atom. The van der Waals surface area contributed by atoms with Gasteiger partial charge in [0, 0.05) is 51.6 Å². The fraction of sp³-hybridized carbons (Fsp3) is 0.343. The Morgan fingerprint density at radius 2 is 1.69 bits per heavy atom. The maximum atomic E-state index is 12.7. The van der Waals surface area contributed by atoms with E-state index in [1.807, 2.05) is 52.0 Å². The number of hydrogen-bond donors (Lipinski definition) is 4. The number of nitrogens with zero attached hydrogens (tertiary/aromatic N) is 2. The van der Waals surface area contributed by atoms with Gasteiger partial charge >= 0.3 is 17.9 Å². The molecule has 234 valence electrons. The fourth-order valence-corrected chi connectivity index (χ4v) is 6.62. The maximum Gasteiger partial charge on any atom is 0.338 e. The van der Waals surface area contributed by atoms with E-state index in [4.69, 9.17) is 14.7 Å². The van der Waals surface area contributed by atoms with E-state index in [-0.39, 0.29) is 34.9 Å². The van der Waals surface area contributed by atoms with Crippen LogP contribution in [-0.2, 0) is 20.7 Å². The summed E-state index contributed by atoms with van der Waals surface area (Å²) in [4.78, 5) is 54.0. The quantitative estimate of drug-likeness (QED) is 0.197. The minimum absolute atomic E-state index is 0.0190. The van der Waals surface area contributed by atoms with Gasteiger partial charge in [0.15, 0.2) is 0 Å². The highest BCUT2D eigenvalue weighted by atomic mass is 16.5. The molecule has 3 aromatic heterocycles. The van der Waals surface area contributed by atoms with E-state index in [0.29, 0.717) is 41.0 Å². The monoisotopic (exact) mass is 610 g/mol. The van der Waals surface area contributed by atoms with Gasteiger partial charge in [-0.15, -0.1) is 0 Å². The van der Waals surface area contributed by atoms with Crippen molar-refractivity contribution in [1.29, 1.82) is 0 Å². The SMILES string of the molecule is C=Cc1c(C)c2cc3nc(c(CC(=O)O)c4[nH]c(cc5nc(cc1[nH]2)C(C)=C5CC)c(C)c4C(=O)O)[C@@H](CCC(=O)OC)[C@@H]3C. The van der Waals surface area contributed by atoms with Crippen LogP contribution in [0.4, 0.5) is 0 Å². The Morgan fingerprint density at radius 3 is 2.31 bits per heavy atom. The minimum atomic E-state index is -1.18. The lowest BCUT2D eigenvalue weighted by molar-refractivity contribution is -0.141. The maximum absolute atomic E-state index is 12.7. The molecule has 4 N–H and O–H groups in total. The lowest BCUT2D eigenvalue weighted by Crippen LogP contribution is -2.12. The van der Waals surface area contributed by atoms with Gasteiger partial charge in [0.05, 0.1) is 41.7 Å². The van der Waals surface area contributed by atoms with E-state index in [2.05, 4.69) is 16.5 Å². The number of aromatic carboxylic acids is 1. The van der Waals surface area contributed by atoms with Crippen molar-refractivity contribution in [2.45, 2.75) is 72.1 Å². The lowest BCUT2D eigenvalue weighted by Gasteiger charge is -2.17. The molecule has 5 rings (SSSR count). The van der Waals surface area contributed by atoms with Crippen LogP contribution >= 0.6 is 0 Å². The number of ether oxygens (including phenoxy) is 1. The zero-order valence-electron chi connectivity index (χ0n) is 26.4. The van der Waals surface area contributed by atoms with Crippen LogP contribution in [0, 0.1) is 13.8 Å². The summed E-state index contributed by atoms with van der Waals surface area (Å²) in [6, 6.07) is 5.78. The fourth-order valence-electron chi connectivity index (χ4n) is 6.62. The van der Waals surface area contributed by atoms with Crippen LogP contribution < -0.4 is 0 Å². The Balaban J connectivity index is 2.02. The molecule has 0 fully saturated rings. The van der Waals surface area contributed by atoms with Crippen molar-refractivity contribution < 1.29 is 29.3 Å². The van der Waals surface area contributed by atoms with Gasteiger partial charge in [-0.25, -0.2) is 9.78 Å². The minimum Gasteiger partial charge on any atom is -0.481 e. The van der Waals surface area contributed by atoms with Crippen molar-refractivity contribution in [3.63, 3.8) is 0 Å². The van der Waals surface area contributed by atoms with Crippen LogP contribution in [0.25, 0.3) is 39.3 Å². The normalized spacial score (nSPS) is 16.1. The second-order valence-electron chi connectivity index (χ2n) is 11.7. The third-order valence-corrected chi connectivity index (χ3v) is 9.17. The molecule has 0 unspecified atom stereocenters. The standard InChI is InChI=1S/C35H38N4O6/c1-8-20-16(3)24-13-26-18(5)22(10-11-31(42)45-7)33(38-26)23(12-30(40)41)34-32(35(43)44)19(6)27(39-34)15-29-21(9-2)17(4)25(37-29)14-28(20)36-24/h8,13-15,18,22,36,39H,1,9-12H2,2-7H3,(H,40,41)(H,43,44)/t18-,22-/m0/s1. The Bertz CT molecular complexity index is 1960. The molecule has 10 nitrogen and oxygen atoms in total. The van der Waals surface area contributed by atoms with Crippen molar-refractivity contribution in [3.05, 3.63) is 75.4 Å². The third kappa shape index (κ3) is 5.56. The number of carbonyl (C=O) groups is 3. The largest absolute Gasteiger partial charge is 0.481 e. The van der Waals surface area contributed by atoms with Crippen molar-refractivity contribution in [2.75, 3.05) is 7.11 Å². The summed E-state index contributed by atoms with van der Waals surface area (Å²) in [5.41, 5.74) is 9.65. The zero-order valence-corrected chi connectivity index (χ0v) is 26.4. The molecule has 0 spiro atoms. The molecule has 3 aromatic rings. The smallest absolute Gasteiger partial charge is 0.338 e. The van der Waals surface area contributed by atoms with Gasteiger partial charge in [-0.2, -0.15) is 0 Å². The number of carboxylic acids is 2. The Labute approximate surface area is 260 Å². The van der Waals surface area contributed by atoms with E-state index >= 15 is 0 Å². The first kappa shape index (κ1) is 31.4. The van der Waals surface area contributed by atoms with E-state index in [1.165, 1.54) is 7.11 Å². The number of nitrogens with one attached hydrogen (secondary N) is 2. The van der Waals surface area contributed by atoms with Crippen molar-refractivity contribution >= 4 is 57.2 Å². The van der Waals surface area contributed by atoms with Gasteiger partial charge in [0.1, 0.15) is 0 Å². The van der Waals surface area contributed by atoms with Crippen LogP contribution in [0.15, 0.2) is 24.8 Å². The van der Waals surface area contributed by atoms with Gasteiger partial charge in [0.2, 0.25) is 0 Å². The summed E-state index contributed by atoms with van der Waals surface area (Å²) in [6.45, 7) is 13.8. The van der Waals surface area contributed by atoms with Gasteiger partial charge in [-0.3, -0.25) is 14.6 Å². The molecular weight excluding hydrogens is 572 g/mol. The summed E-state index contributed by atoms with van der Waals surface area (Å²) in [5, 5.41) is 20.5. The number of aromatic nitrogens is 4. The average molecular weight is 611 g/mol. The molecule has 2 aliphatic heterocycles. The summed E-state index contributed by atoms with van der Waals surface area (Å²) >= 11 is 0. The summed E-state index contributed by atoms with van der Waals surface area (Å²) in [5.74, 6) is -3.29. The number of aromatic amines is 2. The molecule has 2 atom stereocenters. The molecule has 45 heavy (non-hydrogen) atoms. The second kappa shape index (κ2) is 12.2. The zero-order chi connectivity index (χ0) is 32.7. The first-order valence-corrected chi connectivity index (χ1v) is 15.0. The predicted molar refractivity (Wildman–Crippen MR) is 174 cm³/mol. The van der Waals surface area contributed by atoms with E-state index in [9.17, 15) is 24.6 Å². The molecule has 0 radical (unpaired) electrons. The first-order valence-electron chi connectivity index (χ1n) is 15.0. The number of aliphatic carboxylic acids is 1. The molecule has 10 heteroatoms. The topological polar surface area (TPSA) is 158 Å². The number of fused-ring (bicyclic) bond motifs is 8. The van der Waals surface area contributed by atoms with Crippen LogP contribution in [0.1, 0.15) is 107 Å². The van der Waals surface area contributed by atoms with E-state index in [1.54, 1.807) is 6.92 Å². The Hall–Kier alpha value is -4.99. The lowest BCUT2D eigenvalue weighted by atomic mass is 9.85. The Kier molecular flexibility index (Phi) is 8.51. The van der Waals surface area contributed by atoms with Crippen LogP contribution in [0.2, 0.25) is 0 Å². The average Bonchev–Trinajstić information content (AvgIpc) is 3.67. The molecule has 0 aromatic carbocycles.